The van der Waals surface area contributed by atoms with E-state index in [0.717, 1.165) is 24.8 Å². The highest BCUT2D eigenvalue weighted by Crippen LogP contribution is 2.24. The van der Waals surface area contributed by atoms with Crippen molar-refractivity contribution in [3.8, 4) is 5.75 Å². The lowest BCUT2D eigenvalue weighted by Crippen LogP contribution is -2.21. The van der Waals surface area contributed by atoms with Crippen LogP contribution in [0.5, 0.6) is 5.75 Å². The van der Waals surface area contributed by atoms with E-state index < -0.39 is 0 Å². The van der Waals surface area contributed by atoms with Crippen molar-refractivity contribution >= 4 is 5.91 Å². The first-order chi connectivity index (χ1) is 10.1. The molecule has 0 saturated heterocycles. The van der Waals surface area contributed by atoms with Crippen molar-refractivity contribution in [2.75, 3.05) is 0 Å². The minimum atomic E-state index is -0.274. The molecule has 1 aromatic rings. The Balaban J connectivity index is 2.26. The van der Waals surface area contributed by atoms with Gasteiger partial charge in [0.05, 0.1) is 5.92 Å². The molecule has 0 saturated carbocycles. The van der Waals surface area contributed by atoms with E-state index in [1.165, 1.54) is 38.5 Å². The van der Waals surface area contributed by atoms with Crippen LogP contribution < -0.4 is 5.73 Å². The summed E-state index contributed by atoms with van der Waals surface area (Å²) in [7, 11) is 0. The molecular weight excluding hydrogens is 262 g/mol. The van der Waals surface area contributed by atoms with Gasteiger partial charge in [0.25, 0.3) is 0 Å². The molecule has 0 aliphatic rings. The first-order valence-electron chi connectivity index (χ1n) is 8.23. The highest BCUT2D eigenvalue weighted by atomic mass is 16.3. The molecule has 0 fully saturated rings. The molecule has 1 unspecified atom stereocenters. The van der Waals surface area contributed by atoms with E-state index in [-0.39, 0.29) is 17.6 Å². The van der Waals surface area contributed by atoms with Crippen molar-refractivity contribution in [1.82, 2.24) is 0 Å². The molecule has 118 valence electrons. The Hall–Kier alpha value is -1.51. The maximum Gasteiger partial charge on any atom is 0.224 e. The lowest BCUT2D eigenvalue weighted by molar-refractivity contribution is -0.119. The number of aromatic hydroxyl groups is 1. The molecule has 1 rings (SSSR count). The summed E-state index contributed by atoms with van der Waals surface area (Å²) in [6.07, 6.45) is 10.8. The van der Waals surface area contributed by atoms with Gasteiger partial charge in [-0.15, -0.1) is 0 Å². The molecule has 0 bridgehead atoms. The molecule has 1 aromatic carbocycles. The molecule has 21 heavy (non-hydrogen) atoms. The number of unbranched alkanes of at least 4 members (excludes halogenated alkanes) is 7. The van der Waals surface area contributed by atoms with E-state index in [0.29, 0.717) is 0 Å². The zero-order valence-corrected chi connectivity index (χ0v) is 13.2. The third-order valence-corrected chi connectivity index (χ3v) is 3.99. The van der Waals surface area contributed by atoms with Crippen LogP contribution in [0.1, 0.15) is 76.2 Å². The molecule has 0 aliphatic heterocycles. The highest BCUT2D eigenvalue weighted by Gasteiger charge is 2.17. The summed E-state index contributed by atoms with van der Waals surface area (Å²) >= 11 is 0. The zero-order chi connectivity index (χ0) is 15.5. The van der Waals surface area contributed by atoms with Crippen molar-refractivity contribution in [3.63, 3.8) is 0 Å². The van der Waals surface area contributed by atoms with Gasteiger partial charge in [-0.2, -0.15) is 0 Å². The Bertz CT molecular complexity index is 400. The van der Waals surface area contributed by atoms with Gasteiger partial charge in [-0.25, -0.2) is 0 Å². The van der Waals surface area contributed by atoms with E-state index in [9.17, 15) is 9.90 Å². The largest absolute Gasteiger partial charge is 0.508 e. The lowest BCUT2D eigenvalue weighted by atomic mass is 9.92. The number of benzene rings is 1. The predicted molar refractivity (Wildman–Crippen MR) is 87.3 cm³/mol. The molecule has 0 aromatic heterocycles. The fourth-order valence-electron chi connectivity index (χ4n) is 2.66. The van der Waals surface area contributed by atoms with Crippen LogP contribution in [-0.2, 0) is 4.79 Å². The lowest BCUT2D eigenvalue weighted by Gasteiger charge is -2.13. The van der Waals surface area contributed by atoms with Crippen LogP contribution in [0.3, 0.4) is 0 Å². The predicted octanol–water partition coefficient (Wildman–Crippen LogP) is 4.49. The van der Waals surface area contributed by atoms with Crippen molar-refractivity contribution in [3.05, 3.63) is 29.8 Å². The van der Waals surface area contributed by atoms with Gasteiger partial charge in [-0.3, -0.25) is 4.79 Å². The smallest absolute Gasteiger partial charge is 0.224 e. The third kappa shape index (κ3) is 7.16. The molecule has 0 aliphatic carbocycles. The number of nitrogens with two attached hydrogens (primary N) is 1. The monoisotopic (exact) mass is 291 g/mol. The van der Waals surface area contributed by atoms with Crippen LogP contribution in [0.4, 0.5) is 0 Å². The molecule has 1 amide bonds. The van der Waals surface area contributed by atoms with Crippen LogP contribution in [0.2, 0.25) is 0 Å². The molecule has 0 heterocycles. The standard InChI is InChI=1S/C18H29NO2/c1-2-3-4-5-6-7-8-9-10-17(18(19)21)15-11-13-16(20)14-12-15/h11-14,17,20H,2-10H2,1H3,(H2,19,21). The minimum absolute atomic E-state index is 0.217. The number of hydrogen-bond acceptors (Lipinski definition) is 2. The summed E-state index contributed by atoms with van der Waals surface area (Å²) < 4.78 is 0. The summed E-state index contributed by atoms with van der Waals surface area (Å²) in [5, 5.41) is 9.30. The molecule has 3 nitrogen and oxygen atoms in total. The Morgan fingerprint density at radius 2 is 1.52 bits per heavy atom. The van der Waals surface area contributed by atoms with Crippen LogP contribution in [0.15, 0.2) is 24.3 Å². The molecular formula is C18H29NO2. The summed E-state index contributed by atoms with van der Waals surface area (Å²) in [5.41, 5.74) is 6.41. The van der Waals surface area contributed by atoms with Crippen LogP contribution in [0, 0.1) is 0 Å². The van der Waals surface area contributed by atoms with Crippen molar-refractivity contribution in [2.24, 2.45) is 5.73 Å². The number of carbonyl (C=O) groups is 1. The van der Waals surface area contributed by atoms with Gasteiger partial charge < -0.3 is 10.8 Å². The molecule has 0 spiro atoms. The quantitative estimate of drug-likeness (QED) is 0.590. The summed E-state index contributed by atoms with van der Waals surface area (Å²) in [6, 6.07) is 6.79. The first-order valence-corrected chi connectivity index (χ1v) is 8.23. The van der Waals surface area contributed by atoms with E-state index in [1.807, 2.05) is 0 Å². The fraction of sp³-hybridized carbons (Fsp3) is 0.611. The van der Waals surface area contributed by atoms with Crippen molar-refractivity contribution in [2.45, 2.75) is 70.6 Å². The maximum atomic E-state index is 11.6. The summed E-state index contributed by atoms with van der Waals surface area (Å²) in [6.45, 7) is 2.23. The molecule has 3 N–H and O–H groups in total. The van der Waals surface area contributed by atoms with E-state index in [4.69, 9.17) is 5.73 Å². The second-order valence-electron chi connectivity index (χ2n) is 5.81. The highest BCUT2D eigenvalue weighted by molar-refractivity contribution is 5.81. The van der Waals surface area contributed by atoms with Gasteiger partial charge in [0.15, 0.2) is 0 Å². The van der Waals surface area contributed by atoms with Crippen LogP contribution >= 0.6 is 0 Å². The van der Waals surface area contributed by atoms with E-state index in [1.54, 1.807) is 24.3 Å². The summed E-state index contributed by atoms with van der Waals surface area (Å²) in [4.78, 5) is 11.6. The Morgan fingerprint density at radius 3 is 2.05 bits per heavy atom. The number of amides is 1. The normalized spacial score (nSPS) is 12.2. The van der Waals surface area contributed by atoms with Crippen LogP contribution in [0.25, 0.3) is 0 Å². The van der Waals surface area contributed by atoms with Gasteiger partial charge in [0.1, 0.15) is 5.75 Å². The molecule has 0 radical (unpaired) electrons. The number of rotatable bonds is 11. The average Bonchev–Trinajstić information content (AvgIpc) is 2.47. The number of phenols is 1. The first kappa shape index (κ1) is 17.5. The molecule has 3 heteroatoms. The maximum absolute atomic E-state index is 11.6. The average molecular weight is 291 g/mol. The number of carbonyl (C=O) groups excluding carboxylic acids is 1. The number of primary amides is 1. The topological polar surface area (TPSA) is 63.3 Å². The summed E-state index contributed by atoms with van der Waals surface area (Å²) in [5.74, 6) is -0.289. The van der Waals surface area contributed by atoms with Crippen LogP contribution in [-0.4, -0.2) is 11.0 Å². The minimum Gasteiger partial charge on any atom is -0.508 e. The van der Waals surface area contributed by atoms with Crippen molar-refractivity contribution in [1.29, 1.82) is 0 Å². The van der Waals surface area contributed by atoms with Gasteiger partial charge in [-0.1, -0.05) is 70.4 Å². The number of hydrogen-bond donors (Lipinski definition) is 2. The zero-order valence-electron chi connectivity index (χ0n) is 13.2. The van der Waals surface area contributed by atoms with E-state index in [2.05, 4.69) is 6.92 Å². The SMILES string of the molecule is CCCCCCCCCCC(C(N)=O)c1ccc(O)cc1. The van der Waals surface area contributed by atoms with Gasteiger partial charge in [0, 0.05) is 0 Å². The van der Waals surface area contributed by atoms with Gasteiger partial charge in [-0.05, 0) is 24.1 Å². The van der Waals surface area contributed by atoms with E-state index >= 15 is 0 Å². The Kier molecular flexibility index (Phi) is 8.56. The van der Waals surface area contributed by atoms with Gasteiger partial charge in [0.2, 0.25) is 5.91 Å². The Morgan fingerprint density at radius 1 is 1.00 bits per heavy atom. The molecule has 1 atom stereocenters. The third-order valence-electron chi connectivity index (χ3n) is 3.99. The fourth-order valence-corrected chi connectivity index (χ4v) is 2.66. The number of phenolic OH excluding ortho intramolecular Hbond substituents is 1. The second-order valence-corrected chi connectivity index (χ2v) is 5.81. The van der Waals surface area contributed by atoms with Gasteiger partial charge >= 0.3 is 0 Å². The Labute approximate surface area is 128 Å². The second kappa shape index (κ2) is 10.3. The van der Waals surface area contributed by atoms with Crippen molar-refractivity contribution < 1.29 is 9.90 Å².